The molecule has 74 heavy (non-hydrogen) atoms. The van der Waals surface area contributed by atoms with Gasteiger partial charge in [-0.15, -0.1) is 0 Å². The molecule has 0 bridgehead atoms. The summed E-state index contributed by atoms with van der Waals surface area (Å²) in [5.41, 5.74) is 6.97. The molecule has 3 heteroatoms. The molecule has 2 rings (SSSR count). The summed E-state index contributed by atoms with van der Waals surface area (Å²) >= 11 is 0. The predicted molar refractivity (Wildman–Crippen MR) is 334 cm³/mol. The molecule has 0 aromatic heterocycles. The second-order valence-corrected chi connectivity index (χ2v) is 22.7. The number of hydrogen-bond donors (Lipinski definition) is 0. The molecular weight excluding hydrogens is 939 g/mol. The standard InChI is InChI=1S/C71H122N2.Ni/c1-5-9-13-15-17-19-21-23-25-27-29-31-33-35-37-39-41-43-45-47-49-52-54-66-58-62-68(63-59-66)72-70(56-12-8-4)71(57-51-11-7-3)73-69-64-60-67(61-65-69)55-53-50-48-46-44-42-40-38-36-34-32-30-28-26-24-22-20-18-16-14-10-6-2;/h52-55,58-65H,5-51,56-57H2,1-4H3;. The summed E-state index contributed by atoms with van der Waals surface area (Å²) in [7, 11) is 0. The zero-order valence-electron chi connectivity index (χ0n) is 49.8. The van der Waals surface area contributed by atoms with Crippen LogP contribution in [0.1, 0.15) is 353 Å². The van der Waals surface area contributed by atoms with Crippen LogP contribution in [0.3, 0.4) is 0 Å². The Morgan fingerprint density at radius 3 is 0.743 bits per heavy atom. The van der Waals surface area contributed by atoms with Crippen LogP contribution in [0.5, 0.6) is 0 Å². The third-order valence-electron chi connectivity index (χ3n) is 15.5. The molecule has 0 aliphatic rings. The Morgan fingerprint density at radius 1 is 0.270 bits per heavy atom. The van der Waals surface area contributed by atoms with E-state index in [1.54, 1.807) is 0 Å². The van der Waals surface area contributed by atoms with Crippen molar-refractivity contribution >= 4 is 35.0 Å². The molecule has 0 aliphatic heterocycles. The summed E-state index contributed by atoms with van der Waals surface area (Å²) in [5.74, 6) is 0. The summed E-state index contributed by atoms with van der Waals surface area (Å²) in [5, 5.41) is 0. The van der Waals surface area contributed by atoms with E-state index in [9.17, 15) is 0 Å². The normalized spacial score (nSPS) is 12.2. The van der Waals surface area contributed by atoms with E-state index in [0.29, 0.717) is 0 Å². The molecular formula is C71H122N2Ni. The van der Waals surface area contributed by atoms with Crippen molar-refractivity contribution in [1.82, 2.24) is 0 Å². The van der Waals surface area contributed by atoms with Crippen molar-refractivity contribution < 1.29 is 16.5 Å². The molecule has 0 unspecified atom stereocenters. The molecule has 0 saturated carbocycles. The van der Waals surface area contributed by atoms with Crippen molar-refractivity contribution in [3.05, 3.63) is 71.8 Å². The molecule has 0 radical (unpaired) electrons. The first-order valence-electron chi connectivity index (χ1n) is 32.9. The number of nitrogens with zero attached hydrogens (tertiary/aromatic N) is 2. The molecule has 0 N–H and O–H groups in total. The van der Waals surface area contributed by atoms with E-state index < -0.39 is 0 Å². The smallest absolute Gasteiger partial charge is 0.0634 e. The Kier molecular flexibility index (Phi) is 52.3. The third-order valence-corrected chi connectivity index (χ3v) is 15.5. The quantitative estimate of drug-likeness (QED) is 0.0358. The zero-order valence-corrected chi connectivity index (χ0v) is 50.8. The van der Waals surface area contributed by atoms with Crippen LogP contribution >= 0.6 is 0 Å². The molecule has 0 heterocycles. The third kappa shape index (κ3) is 43.8. The van der Waals surface area contributed by atoms with Crippen LogP contribution in [0.25, 0.3) is 12.2 Å². The Hall–Kier alpha value is -2.25. The average Bonchev–Trinajstić information content (AvgIpc) is 3.41. The van der Waals surface area contributed by atoms with Crippen LogP contribution in [0.4, 0.5) is 11.4 Å². The first kappa shape index (κ1) is 69.8. The minimum atomic E-state index is 0. The summed E-state index contributed by atoms with van der Waals surface area (Å²) in [6, 6.07) is 17.8. The van der Waals surface area contributed by atoms with E-state index in [4.69, 9.17) is 9.98 Å². The van der Waals surface area contributed by atoms with E-state index in [2.05, 4.69) is 101 Å². The average molecular weight is 1060 g/mol. The van der Waals surface area contributed by atoms with Gasteiger partial charge in [0.15, 0.2) is 0 Å². The molecule has 2 aromatic rings. The minimum absolute atomic E-state index is 0. The van der Waals surface area contributed by atoms with E-state index in [0.717, 1.165) is 43.5 Å². The van der Waals surface area contributed by atoms with Crippen molar-refractivity contribution in [2.75, 3.05) is 0 Å². The van der Waals surface area contributed by atoms with Crippen LogP contribution in [0, 0.1) is 0 Å². The van der Waals surface area contributed by atoms with Crippen LogP contribution in [0.2, 0.25) is 0 Å². The van der Waals surface area contributed by atoms with Gasteiger partial charge < -0.3 is 0 Å². The molecule has 2 nitrogen and oxygen atoms in total. The maximum atomic E-state index is 5.30. The summed E-state index contributed by atoms with van der Waals surface area (Å²) in [6.07, 6.45) is 77.0. The zero-order chi connectivity index (χ0) is 52.0. The largest absolute Gasteiger partial charge is 0.252 e. The van der Waals surface area contributed by atoms with Crippen LogP contribution in [0.15, 0.2) is 70.7 Å². The topological polar surface area (TPSA) is 24.7 Å². The first-order valence-corrected chi connectivity index (χ1v) is 32.9. The van der Waals surface area contributed by atoms with Gasteiger partial charge in [-0.05, 0) is 86.8 Å². The summed E-state index contributed by atoms with van der Waals surface area (Å²) in [6.45, 7) is 9.19. The molecule has 0 amide bonds. The predicted octanol–water partition coefficient (Wildman–Crippen LogP) is 25.8. The molecule has 2 aromatic carbocycles. The number of allylic oxidation sites excluding steroid dienone is 2. The number of benzene rings is 2. The molecule has 0 fully saturated rings. The number of hydrogen-bond acceptors (Lipinski definition) is 2. The number of aliphatic imine (C=N–C) groups is 2. The van der Waals surface area contributed by atoms with E-state index in [1.807, 2.05) is 0 Å². The Bertz CT molecular complexity index is 1570. The van der Waals surface area contributed by atoms with Crippen molar-refractivity contribution in [3.63, 3.8) is 0 Å². The molecule has 0 atom stereocenters. The Labute approximate surface area is 472 Å². The fourth-order valence-corrected chi connectivity index (χ4v) is 10.5. The van der Waals surface area contributed by atoms with Crippen molar-refractivity contribution in [3.8, 4) is 0 Å². The summed E-state index contributed by atoms with van der Waals surface area (Å²) < 4.78 is 0. The molecule has 0 aliphatic carbocycles. The van der Waals surface area contributed by atoms with Crippen molar-refractivity contribution in [2.24, 2.45) is 9.98 Å². The van der Waals surface area contributed by atoms with Gasteiger partial charge in [0.25, 0.3) is 0 Å². The van der Waals surface area contributed by atoms with Gasteiger partial charge in [0.1, 0.15) is 0 Å². The number of unbranched alkanes of at least 4 members (excludes halogenated alkanes) is 43. The monoisotopic (exact) mass is 1060 g/mol. The maximum Gasteiger partial charge on any atom is 0.0634 e. The van der Waals surface area contributed by atoms with E-state index in [-0.39, 0.29) is 16.5 Å². The first-order chi connectivity index (χ1) is 36.2. The fraction of sp³-hybridized carbons (Fsp3) is 0.746. The van der Waals surface area contributed by atoms with E-state index in [1.165, 1.54) is 305 Å². The van der Waals surface area contributed by atoms with Crippen LogP contribution in [-0.4, -0.2) is 11.4 Å². The number of rotatable bonds is 54. The van der Waals surface area contributed by atoms with Crippen molar-refractivity contribution in [2.45, 2.75) is 342 Å². The molecule has 0 spiro atoms. The van der Waals surface area contributed by atoms with Gasteiger partial charge in [-0.3, -0.25) is 9.98 Å². The second-order valence-electron chi connectivity index (χ2n) is 22.7. The van der Waals surface area contributed by atoms with Crippen LogP contribution in [-0.2, 0) is 16.5 Å². The van der Waals surface area contributed by atoms with Gasteiger partial charge in [-0.2, -0.15) is 0 Å². The Morgan fingerprint density at radius 2 is 0.486 bits per heavy atom. The van der Waals surface area contributed by atoms with E-state index >= 15 is 0 Å². The van der Waals surface area contributed by atoms with Crippen LogP contribution < -0.4 is 0 Å². The fourth-order valence-electron chi connectivity index (χ4n) is 10.5. The van der Waals surface area contributed by atoms with Gasteiger partial charge in [-0.1, -0.05) is 340 Å². The SMILES string of the molecule is CCCCCCCCCCCCCCCCCCCCCCC=Cc1ccc(N=C(CCCC)C(CCCCC)=Nc2ccc(C=CCCCCCCCCCCCCCCCCCCCCCC)cc2)cc1.[Ni]. The van der Waals surface area contributed by atoms with Gasteiger partial charge in [-0.25, -0.2) is 0 Å². The second kappa shape index (κ2) is 55.5. The van der Waals surface area contributed by atoms with Gasteiger partial charge >= 0.3 is 0 Å². The van der Waals surface area contributed by atoms with Gasteiger partial charge in [0, 0.05) is 16.5 Å². The molecule has 426 valence electrons. The minimum Gasteiger partial charge on any atom is -0.252 e. The maximum absolute atomic E-state index is 5.30. The van der Waals surface area contributed by atoms with Crippen molar-refractivity contribution in [1.29, 1.82) is 0 Å². The summed E-state index contributed by atoms with van der Waals surface area (Å²) in [4.78, 5) is 10.6. The Balaban J connectivity index is 0.0000274. The van der Waals surface area contributed by atoms with Gasteiger partial charge in [0.2, 0.25) is 0 Å². The molecule has 0 saturated heterocycles. The van der Waals surface area contributed by atoms with Gasteiger partial charge in [0.05, 0.1) is 22.8 Å².